The van der Waals surface area contributed by atoms with Crippen LogP contribution in [0.2, 0.25) is 0 Å². The number of carbonyl (C=O) groups is 1. The Hall–Kier alpha value is -2.64. The van der Waals surface area contributed by atoms with Crippen LogP contribution in [0, 0.1) is 0 Å². The number of pyridine rings is 1. The summed E-state index contributed by atoms with van der Waals surface area (Å²) in [6.45, 7) is 2.00. The topological polar surface area (TPSA) is 107 Å². The second-order valence-corrected chi connectivity index (χ2v) is 5.23. The van der Waals surface area contributed by atoms with Crippen molar-refractivity contribution in [3.05, 3.63) is 40.2 Å². The zero-order valence-corrected chi connectivity index (χ0v) is 12.1. The Labute approximate surface area is 127 Å². The summed E-state index contributed by atoms with van der Waals surface area (Å²) in [5.74, 6) is 0.884. The lowest BCUT2D eigenvalue weighted by Gasteiger charge is -2.29. The Bertz CT molecular complexity index is 701. The fraction of sp³-hybridized carbons (Fsp3) is 0.429. The molecule has 22 heavy (non-hydrogen) atoms. The number of H-pyrrole nitrogens is 2. The number of hydrogen-bond donors (Lipinski definition) is 3. The Balaban J connectivity index is 1.72. The van der Waals surface area contributed by atoms with E-state index in [0.717, 1.165) is 31.7 Å². The van der Waals surface area contributed by atoms with Crippen molar-refractivity contribution in [3.8, 4) is 0 Å². The highest BCUT2D eigenvalue weighted by molar-refractivity contribution is 5.98. The molecule has 1 amide bonds. The van der Waals surface area contributed by atoms with E-state index in [1.165, 1.54) is 6.42 Å². The molecule has 3 rings (SSSR count). The summed E-state index contributed by atoms with van der Waals surface area (Å²) in [4.78, 5) is 32.4. The van der Waals surface area contributed by atoms with Gasteiger partial charge in [0.2, 0.25) is 0 Å². The number of nitrogens with one attached hydrogen (secondary N) is 3. The van der Waals surface area contributed by atoms with Crippen LogP contribution in [-0.2, 0) is 6.54 Å². The molecular formula is C14H18N6O2. The summed E-state index contributed by atoms with van der Waals surface area (Å²) in [6, 6.07) is 3.51. The molecule has 0 spiro atoms. The largest absolute Gasteiger partial charge is 0.356 e. The first-order valence-corrected chi connectivity index (χ1v) is 7.36. The summed E-state index contributed by atoms with van der Waals surface area (Å²) in [5, 5.41) is 8.77. The SMILES string of the molecule is O=C(NCc1n[nH]c(=O)[nH]1)c1cccnc1N1CCCCC1. The van der Waals surface area contributed by atoms with E-state index in [9.17, 15) is 9.59 Å². The summed E-state index contributed by atoms with van der Waals surface area (Å²) in [6.07, 6.45) is 5.15. The quantitative estimate of drug-likeness (QED) is 0.758. The molecule has 0 saturated carbocycles. The van der Waals surface area contributed by atoms with E-state index in [0.29, 0.717) is 11.4 Å². The third kappa shape index (κ3) is 3.16. The van der Waals surface area contributed by atoms with Crippen LogP contribution in [0.25, 0.3) is 0 Å². The summed E-state index contributed by atoms with van der Waals surface area (Å²) >= 11 is 0. The number of aromatic amines is 2. The molecule has 0 radical (unpaired) electrons. The first-order valence-electron chi connectivity index (χ1n) is 7.36. The van der Waals surface area contributed by atoms with E-state index in [2.05, 4.69) is 30.4 Å². The maximum absolute atomic E-state index is 12.4. The van der Waals surface area contributed by atoms with E-state index in [-0.39, 0.29) is 18.1 Å². The normalized spacial score (nSPS) is 14.8. The van der Waals surface area contributed by atoms with Crippen molar-refractivity contribution in [3.63, 3.8) is 0 Å². The maximum atomic E-state index is 12.4. The fourth-order valence-electron chi connectivity index (χ4n) is 2.58. The van der Waals surface area contributed by atoms with E-state index < -0.39 is 0 Å². The van der Waals surface area contributed by atoms with Crippen LogP contribution in [0.15, 0.2) is 23.1 Å². The van der Waals surface area contributed by atoms with Crippen molar-refractivity contribution in [1.82, 2.24) is 25.5 Å². The fourth-order valence-corrected chi connectivity index (χ4v) is 2.58. The van der Waals surface area contributed by atoms with Crippen LogP contribution in [0.1, 0.15) is 35.4 Å². The first-order chi connectivity index (χ1) is 10.7. The van der Waals surface area contributed by atoms with Gasteiger partial charge in [-0.3, -0.25) is 9.78 Å². The second-order valence-electron chi connectivity index (χ2n) is 5.23. The number of hydrogen-bond acceptors (Lipinski definition) is 5. The molecule has 2 aromatic rings. The van der Waals surface area contributed by atoms with Crippen LogP contribution in [0.3, 0.4) is 0 Å². The first kappa shape index (κ1) is 14.3. The predicted molar refractivity (Wildman–Crippen MR) is 80.7 cm³/mol. The van der Waals surface area contributed by atoms with Gasteiger partial charge in [0.15, 0.2) is 0 Å². The van der Waals surface area contributed by atoms with E-state index in [1.807, 2.05) is 0 Å². The molecule has 0 aliphatic carbocycles. The average Bonchev–Trinajstić information content (AvgIpc) is 2.99. The van der Waals surface area contributed by atoms with Gasteiger partial charge in [-0.15, -0.1) is 0 Å². The van der Waals surface area contributed by atoms with Crippen LogP contribution in [-0.4, -0.2) is 39.2 Å². The lowest BCUT2D eigenvalue weighted by Crippen LogP contribution is -2.33. The third-order valence-electron chi connectivity index (χ3n) is 3.65. The van der Waals surface area contributed by atoms with Crippen LogP contribution < -0.4 is 15.9 Å². The highest BCUT2D eigenvalue weighted by Gasteiger charge is 2.19. The lowest BCUT2D eigenvalue weighted by atomic mass is 10.1. The number of piperidine rings is 1. The third-order valence-corrected chi connectivity index (χ3v) is 3.65. The number of amides is 1. The summed E-state index contributed by atoms with van der Waals surface area (Å²) in [5.41, 5.74) is 0.155. The predicted octanol–water partition coefficient (Wildman–Crippen LogP) is 0.413. The van der Waals surface area contributed by atoms with Gasteiger partial charge in [0, 0.05) is 19.3 Å². The Morgan fingerprint density at radius 3 is 2.86 bits per heavy atom. The van der Waals surface area contributed by atoms with Gasteiger partial charge in [-0.25, -0.2) is 14.9 Å². The van der Waals surface area contributed by atoms with Crippen LogP contribution >= 0.6 is 0 Å². The monoisotopic (exact) mass is 302 g/mol. The van der Waals surface area contributed by atoms with Gasteiger partial charge in [-0.05, 0) is 31.4 Å². The molecule has 0 atom stereocenters. The molecule has 1 aliphatic rings. The maximum Gasteiger partial charge on any atom is 0.340 e. The van der Waals surface area contributed by atoms with Crippen molar-refractivity contribution in [2.45, 2.75) is 25.8 Å². The molecule has 8 nitrogen and oxygen atoms in total. The molecular weight excluding hydrogens is 284 g/mol. The summed E-state index contributed by atoms with van der Waals surface area (Å²) < 4.78 is 0. The molecule has 0 aromatic carbocycles. The zero-order chi connectivity index (χ0) is 15.4. The molecule has 1 saturated heterocycles. The number of nitrogens with zero attached hydrogens (tertiary/aromatic N) is 3. The standard InChI is InChI=1S/C14H18N6O2/c21-13(16-9-11-17-14(22)19-18-11)10-5-4-6-15-12(10)20-7-2-1-3-8-20/h4-6H,1-3,7-9H2,(H,16,21)(H2,17,18,19,22). The van der Waals surface area contributed by atoms with Crippen molar-refractivity contribution in [1.29, 1.82) is 0 Å². The minimum absolute atomic E-state index is 0.159. The van der Waals surface area contributed by atoms with E-state index >= 15 is 0 Å². The van der Waals surface area contributed by atoms with Gasteiger partial charge < -0.3 is 10.2 Å². The van der Waals surface area contributed by atoms with E-state index in [1.54, 1.807) is 18.3 Å². The van der Waals surface area contributed by atoms with Crippen molar-refractivity contribution in [2.75, 3.05) is 18.0 Å². The smallest absolute Gasteiger partial charge is 0.340 e. The van der Waals surface area contributed by atoms with E-state index in [4.69, 9.17) is 0 Å². The molecule has 3 heterocycles. The molecule has 2 aromatic heterocycles. The lowest BCUT2D eigenvalue weighted by molar-refractivity contribution is 0.0950. The molecule has 1 aliphatic heterocycles. The van der Waals surface area contributed by atoms with Crippen molar-refractivity contribution >= 4 is 11.7 Å². The van der Waals surface area contributed by atoms with Gasteiger partial charge in [0.05, 0.1) is 12.1 Å². The molecule has 3 N–H and O–H groups in total. The molecule has 1 fully saturated rings. The van der Waals surface area contributed by atoms with Crippen molar-refractivity contribution < 1.29 is 4.79 Å². The number of anilines is 1. The van der Waals surface area contributed by atoms with Gasteiger partial charge in [0.1, 0.15) is 11.6 Å². The zero-order valence-electron chi connectivity index (χ0n) is 12.1. The highest BCUT2D eigenvalue weighted by Crippen LogP contribution is 2.21. The van der Waals surface area contributed by atoms with Gasteiger partial charge in [-0.1, -0.05) is 0 Å². The second kappa shape index (κ2) is 6.42. The van der Waals surface area contributed by atoms with Crippen molar-refractivity contribution in [2.24, 2.45) is 0 Å². The number of rotatable bonds is 4. The molecule has 0 unspecified atom stereocenters. The van der Waals surface area contributed by atoms with Gasteiger partial charge in [-0.2, -0.15) is 5.10 Å². The summed E-state index contributed by atoms with van der Waals surface area (Å²) in [7, 11) is 0. The Morgan fingerprint density at radius 1 is 1.32 bits per heavy atom. The minimum atomic E-state index is -0.389. The minimum Gasteiger partial charge on any atom is -0.356 e. The van der Waals surface area contributed by atoms with Gasteiger partial charge >= 0.3 is 5.69 Å². The number of carbonyl (C=O) groups excluding carboxylic acids is 1. The average molecular weight is 302 g/mol. The van der Waals surface area contributed by atoms with Crippen LogP contribution in [0.4, 0.5) is 5.82 Å². The highest BCUT2D eigenvalue weighted by atomic mass is 16.2. The Kier molecular flexibility index (Phi) is 4.17. The Morgan fingerprint density at radius 2 is 2.14 bits per heavy atom. The van der Waals surface area contributed by atoms with Crippen LogP contribution in [0.5, 0.6) is 0 Å². The number of aromatic nitrogens is 4. The molecule has 116 valence electrons. The molecule has 0 bridgehead atoms. The molecule has 8 heteroatoms. The van der Waals surface area contributed by atoms with Gasteiger partial charge in [0.25, 0.3) is 5.91 Å².